The SMILES string of the molecule is COc1cncc2nc(-c3ccnc(N(c4cnccn4)N(c4cnccn4)c4cc(-c5nc(N6CCNCC6)c6c(OC)cncc6n5)ccn4)c3)nc(N3CCNCC3)c12. The van der Waals surface area contributed by atoms with Crippen LogP contribution in [0.1, 0.15) is 0 Å². The fraction of sp³-hybridized carbons (Fsp3) is 0.238. The largest absolute Gasteiger partial charge is 0.494 e. The summed E-state index contributed by atoms with van der Waals surface area (Å²) in [6.45, 7) is 6.37. The predicted octanol–water partition coefficient (Wildman–Crippen LogP) is 3.79. The molecule has 62 heavy (non-hydrogen) atoms. The van der Waals surface area contributed by atoms with Crippen LogP contribution in [0.4, 0.5) is 34.9 Å². The number of ether oxygens (including phenoxy) is 2. The van der Waals surface area contributed by atoms with Gasteiger partial charge in [-0.05, 0) is 24.3 Å². The minimum Gasteiger partial charge on any atom is -0.494 e. The highest BCUT2D eigenvalue weighted by atomic mass is 16.5. The monoisotopic (exact) mass is 828 g/mol. The third kappa shape index (κ3) is 7.36. The van der Waals surface area contributed by atoms with Crippen LogP contribution < -0.4 is 39.9 Å². The second kappa shape index (κ2) is 17.0. The molecule has 2 N–H and O–H groups in total. The molecule has 8 aromatic heterocycles. The van der Waals surface area contributed by atoms with Gasteiger partial charge < -0.3 is 29.9 Å². The first-order valence-corrected chi connectivity index (χ1v) is 20.0. The number of anilines is 6. The first-order valence-electron chi connectivity index (χ1n) is 20.0. The second-order valence-electron chi connectivity index (χ2n) is 14.2. The van der Waals surface area contributed by atoms with Crippen molar-refractivity contribution in [3.63, 3.8) is 0 Å². The molecule has 2 saturated heterocycles. The molecule has 0 amide bonds. The van der Waals surface area contributed by atoms with Crippen molar-refractivity contribution in [2.24, 2.45) is 0 Å². The molecule has 0 unspecified atom stereocenters. The highest BCUT2D eigenvalue weighted by molar-refractivity contribution is 5.97. The van der Waals surface area contributed by atoms with E-state index in [-0.39, 0.29) is 0 Å². The lowest BCUT2D eigenvalue weighted by Gasteiger charge is -2.34. The third-order valence-corrected chi connectivity index (χ3v) is 10.6. The molecule has 0 saturated carbocycles. The van der Waals surface area contributed by atoms with Crippen molar-refractivity contribution in [3.05, 3.63) is 98.6 Å². The molecule has 310 valence electrons. The van der Waals surface area contributed by atoms with Gasteiger partial charge in [0.2, 0.25) is 0 Å². The molecule has 0 spiro atoms. The van der Waals surface area contributed by atoms with Crippen LogP contribution in [0.15, 0.2) is 98.6 Å². The molecular weight excluding hydrogens is 789 g/mol. The van der Waals surface area contributed by atoms with Gasteiger partial charge in [-0.25, -0.2) is 49.9 Å². The van der Waals surface area contributed by atoms with Crippen molar-refractivity contribution in [1.29, 1.82) is 0 Å². The first kappa shape index (κ1) is 38.4. The molecule has 10 rings (SSSR count). The zero-order valence-corrected chi connectivity index (χ0v) is 33.9. The number of piperazine rings is 2. The zero-order chi connectivity index (χ0) is 41.8. The maximum Gasteiger partial charge on any atom is 0.172 e. The maximum absolute atomic E-state index is 5.76. The van der Waals surface area contributed by atoms with Crippen LogP contribution in [0, 0.1) is 0 Å². The summed E-state index contributed by atoms with van der Waals surface area (Å²) in [5.74, 6) is 5.43. The Balaban J connectivity index is 1.12. The Hall–Kier alpha value is -7.84. The Labute approximate surface area is 355 Å². The van der Waals surface area contributed by atoms with Crippen molar-refractivity contribution in [3.8, 4) is 34.3 Å². The summed E-state index contributed by atoms with van der Waals surface area (Å²) in [6.07, 6.45) is 20.0. The lowest BCUT2D eigenvalue weighted by molar-refractivity contribution is 0.417. The average molecular weight is 829 g/mol. The van der Waals surface area contributed by atoms with E-state index in [1.165, 1.54) is 0 Å². The van der Waals surface area contributed by atoms with Gasteiger partial charge in [0.15, 0.2) is 34.9 Å². The van der Waals surface area contributed by atoms with Crippen LogP contribution >= 0.6 is 0 Å². The Morgan fingerprint density at radius 2 is 0.919 bits per heavy atom. The highest BCUT2D eigenvalue weighted by Gasteiger charge is 2.29. The summed E-state index contributed by atoms with van der Waals surface area (Å²) in [5.41, 5.74) is 2.69. The van der Waals surface area contributed by atoms with Crippen LogP contribution in [0.3, 0.4) is 0 Å². The van der Waals surface area contributed by atoms with E-state index < -0.39 is 0 Å². The van der Waals surface area contributed by atoms with Gasteiger partial charge in [-0.2, -0.15) is 0 Å². The summed E-state index contributed by atoms with van der Waals surface area (Å²) in [7, 11) is 3.26. The van der Waals surface area contributed by atoms with Gasteiger partial charge in [-0.3, -0.25) is 19.9 Å². The van der Waals surface area contributed by atoms with Gasteiger partial charge in [0.1, 0.15) is 23.1 Å². The van der Waals surface area contributed by atoms with Gasteiger partial charge in [0.05, 0.1) is 73.2 Å². The maximum atomic E-state index is 5.76. The van der Waals surface area contributed by atoms with E-state index in [1.54, 1.807) is 98.6 Å². The summed E-state index contributed by atoms with van der Waals surface area (Å²) < 4.78 is 11.5. The van der Waals surface area contributed by atoms with Crippen LogP contribution in [-0.4, -0.2) is 126 Å². The summed E-state index contributed by atoms with van der Waals surface area (Å²) >= 11 is 0. The van der Waals surface area contributed by atoms with Crippen LogP contribution in [0.5, 0.6) is 11.5 Å². The summed E-state index contributed by atoms with van der Waals surface area (Å²) in [4.78, 5) is 61.9. The van der Waals surface area contributed by atoms with Crippen LogP contribution in [0.25, 0.3) is 44.6 Å². The van der Waals surface area contributed by atoms with Gasteiger partial charge in [-0.15, -0.1) is 0 Å². The molecule has 0 aliphatic carbocycles. The number of hydrogen-bond acceptors (Lipinski definition) is 20. The number of nitrogens with one attached hydrogen (secondary N) is 2. The number of fused-ring (bicyclic) bond motifs is 2. The normalized spacial score (nSPS) is 14.2. The quantitative estimate of drug-likeness (QED) is 0.178. The number of pyridine rings is 4. The zero-order valence-electron chi connectivity index (χ0n) is 33.9. The number of rotatable bonds is 11. The molecule has 0 bridgehead atoms. The van der Waals surface area contributed by atoms with E-state index >= 15 is 0 Å². The average Bonchev–Trinajstić information content (AvgIpc) is 3.35. The fourth-order valence-corrected chi connectivity index (χ4v) is 7.64. The van der Waals surface area contributed by atoms with Crippen LogP contribution in [-0.2, 0) is 0 Å². The minimum atomic E-state index is 0.422. The fourth-order valence-electron chi connectivity index (χ4n) is 7.64. The van der Waals surface area contributed by atoms with Crippen LogP contribution in [0.2, 0.25) is 0 Å². The Morgan fingerprint density at radius 3 is 1.32 bits per heavy atom. The Kier molecular flexibility index (Phi) is 10.5. The number of nitrogens with zero attached hydrogens (tertiary/aromatic N) is 16. The van der Waals surface area contributed by atoms with E-state index in [0.717, 1.165) is 74.8 Å². The molecule has 0 radical (unpaired) electrons. The van der Waals surface area contributed by atoms with Crippen molar-refractivity contribution in [2.45, 2.75) is 0 Å². The molecule has 20 nitrogen and oxygen atoms in total. The molecule has 10 heterocycles. The minimum absolute atomic E-state index is 0.422. The van der Waals surface area contributed by atoms with E-state index in [0.29, 0.717) is 68.6 Å². The molecule has 8 aromatic rings. The number of methoxy groups -OCH3 is 2. The number of aromatic nitrogens is 12. The van der Waals surface area contributed by atoms with E-state index in [1.807, 2.05) is 24.3 Å². The Bertz CT molecular complexity index is 2650. The molecule has 20 heteroatoms. The molecule has 2 aliphatic rings. The van der Waals surface area contributed by atoms with Crippen molar-refractivity contribution < 1.29 is 9.47 Å². The molecule has 0 aromatic carbocycles. The lowest BCUT2D eigenvalue weighted by atomic mass is 10.2. The number of hydrazine groups is 1. The van der Waals surface area contributed by atoms with E-state index in [9.17, 15) is 0 Å². The van der Waals surface area contributed by atoms with Gasteiger partial charge >= 0.3 is 0 Å². The van der Waals surface area contributed by atoms with Gasteiger partial charge in [0.25, 0.3) is 0 Å². The van der Waals surface area contributed by atoms with Crippen molar-refractivity contribution in [2.75, 3.05) is 86.4 Å². The Morgan fingerprint density at radius 1 is 0.484 bits per heavy atom. The molecule has 0 atom stereocenters. The third-order valence-electron chi connectivity index (χ3n) is 10.6. The lowest BCUT2D eigenvalue weighted by Crippen LogP contribution is -2.44. The van der Waals surface area contributed by atoms with Crippen molar-refractivity contribution >= 4 is 56.7 Å². The van der Waals surface area contributed by atoms with Gasteiger partial charge in [-0.1, -0.05) is 0 Å². The predicted molar refractivity (Wildman–Crippen MR) is 233 cm³/mol. The summed E-state index contributed by atoms with van der Waals surface area (Å²) in [6, 6.07) is 7.53. The summed E-state index contributed by atoms with van der Waals surface area (Å²) in [5, 5.41) is 12.0. The topological polar surface area (TPSA) is 210 Å². The van der Waals surface area contributed by atoms with Gasteiger partial charge in [0, 0.05) is 101 Å². The smallest absolute Gasteiger partial charge is 0.172 e. The van der Waals surface area contributed by atoms with Crippen molar-refractivity contribution in [1.82, 2.24) is 70.4 Å². The molecule has 2 fully saturated rings. The highest BCUT2D eigenvalue weighted by Crippen LogP contribution is 2.39. The molecular formula is C42H40N18O2. The van der Waals surface area contributed by atoms with E-state index in [2.05, 4.69) is 40.4 Å². The molecule has 2 aliphatic heterocycles. The first-order chi connectivity index (χ1) is 30.7. The standard InChI is InChI=1S/C42H40N18O2/c1-61-31-23-47-21-29-37(31)41(57-15-11-43-12-16-57)55-39(53-29)27-3-5-49-33(19-27)59(35-25-45-7-9-51-35)60(36-26-46-8-10-52-36)34-20-28(4-6-50-34)40-54-30-22-48-24-32(62-2)38(30)42(56-40)58-17-13-44-14-18-58/h3-10,19-26,43-44H,11-18H2,1-2H3. The van der Waals surface area contributed by atoms with E-state index in [4.69, 9.17) is 49.3 Å². The second-order valence-corrected chi connectivity index (χ2v) is 14.2. The number of hydrogen-bond donors (Lipinski definition) is 2.